The first-order valence-corrected chi connectivity index (χ1v) is 10.4. The Morgan fingerprint density at radius 2 is 1.93 bits per heavy atom. The van der Waals surface area contributed by atoms with Crippen LogP contribution in [0.1, 0.15) is 17.0 Å². The van der Waals surface area contributed by atoms with E-state index in [-0.39, 0.29) is 24.0 Å². The number of aryl methyl sites for hydroxylation is 2. The minimum atomic E-state index is -0.475. The summed E-state index contributed by atoms with van der Waals surface area (Å²) in [4.78, 5) is 12.2. The minimum absolute atomic E-state index is 0.0708. The summed E-state index contributed by atoms with van der Waals surface area (Å²) in [7, 11) is 0. The van der Waals surface area contributed by atoms with Crippen molar-refractivity contribution in [2.75, 3.05) is 11.1 Å². The number of hydrogen-bond acceptors (Lipinski definition) is 5. The third-order valence-corrected chi connectivity index (χ3v) is 5.31. The molecular weight excluding hydrogens is 403 g/mol. The lowest BCUT2D eigenvalue weighted by atomic mass is 10.1. The van der Waals surface area contributed by atoms with Crippen molar-refractivity contribution in [2.24, 2.45) is 0 Å². The lowest BCUT2D eigenvalue weighted by Crippen LogP contribution is -2.15. The van der Waals surface area contributed by atoms with Crippen LogP contribution in [0.3, 0.4) is 0 Å². The van der Waals surface area contributed by atoms with Crippen LogP contribution in [-0.4, -0.2) is 26.4 Å². The molecule has 0 atom stereocenters. The van der Waals surface area contributed by atoms with E-state index in [1.807, 2.05) is 36.6 Å². The Hall–Kier alpha value is -3.13. The van der Waals surface area contributed by atoms with Gasteiger partial charge in [-0.15, -0.1) is 16.8 Å². The Bertz CT molecular complexity index is 1030. The Morgan fingerprint density at radius 1 is 1.20 bits per heavy atom. The summed E-state index contributed by atoms with van der Waals surface area (Å²) in [6, 6.07) is 12.0. The Kier molecular flexibility index (Phi) is 7.24. The summed E-state index contributed by atoms with van der Waals surface area (Å²) in [5, 5.41) is 11.5. The fourth-order valence-electron chi connectivity index (χ4n) is 2.89. The molecule has 156 valence electrons. The van der Waals surface area contributed by atoms with Crippen molar-refractivity contribution in [3.63, 3.8) is 0 Å². The molecule has 0 saturated carbocycles. The summed E-state index contributed by atoms with van der Waals surface area (Å²) in [6.45, 7) is 8.49. The number of halogens is 1. The highest BCUT2D eigenvalue weighted by molar-refractivity contribution is 7.99. The maximum Gasteiger partial charge on any atom is 0.234 e. The van der Waals surface area contributed by atoms with E-state index in [1.165, 1.54) is 23.9 Å². The van der Waals surface area contributed by atoms with E-state index in [0.717, 1.165) is 16.9 Å². The van der Waals surface area contributed by atoms with Gasteiger partial charge in [0.15, 0.2) is 11.0 Å². The number of ether oxygens (including phenoxy) is 1. The molecule has 0 bridgehead atoms. The van der Waals surface area contributed by atoms with Gasteiger partial charge in [0, 0.05) is 6.54 Å². The van der Waals surface area contributed by atoms with Gasteiger partial charge in [0.05, 0.1) is 11.4 Å². The third-order valence-electron chi connectivity index (χ3n) is 4.34. The summed E-state index contributed by atoms with van der Waals surface area (Å²) >= 11 is 1.22. The third kappa shape index (κ3) is 5.27. The van der Waals surface area contributed by atoms with E-state index >= 15 is 0 Å². The normalized spacial score (nSPS) is 10.6. The van der Waals surface area contributed by atoms with Gasteiger partial charge < -0.3 is 10.1 Å². The average Bonchev–Trinajstić information content (AvgIpc) is 3.10. The van der Waals surface area contributed by atoms with Gasteiger partial charge in [-0.2, -0.15) is 0 Å². The number of hydrogen-bond donors (Lipinski definition) is 1. The van der Waals surface area contributed by atoms with Crippen LogP contribution in [0.15, 0.2) is 60.3 Å². The number of nitrogens with one attached hydrogen (secondary N) is 1. The van der Waals surface area contributed by atoms with Crippen molar-refractivity contribution >= 4 is 23.4 Å². The number of amides is 1. The monoisotopic (exact) mass is 426 g/mol. The van der Waals surface area contributed by atoms with E-state index in [0.29, 0.717) is 17.5 Å². The second-order valence-electron chi connectivity index (χ2n) is 6.62. The van der Waals surface area contributed by atoms with Crippen molar-refractivity contribution in [1.82, 2.24) is 14.8 Å². The number of anilines is 1. The molecule has 0 radical (unpaired) electrons. The lowest BCUT2D eigenvalue weighted by Gasteiger charge is -2.12. The Labute approximate surface area is 179 Å². The molecule has 0 fully saturated rings. The van der Waals surface area contributed by atoms with E-state index in [1.54, 1.807) is 18.2 Å². The zero-order valence-corrected chi connectivity index (χ0v) is 17.7. The maximum absolute atomic E-state index is 13.7. The maximum atomic E-state index is 13.7. The Morgan fingerprint density at radius 3 is 2.63 bits per heavy atom. The van der Waals surface area contributed by atoms with Crippen LogP contribution in [0.2, 0.25) is 0 Å². The highest BCUT2D eigenvalue weighted by Gasteiger charge is 2.15. The first-order chi connectivity index (χ1) is 14.5. The molecule has 0 aliphatic rings. The van der Waals surface area contributed by atoms with Crippen LogP contribution >= 0.6 is 11.8 Å². The molecule has 1 heterocycles. The number of carbonyl (C=O) groups excluding carboxylic acids is 1. The van der Waals surface area contributed by atoms with Gasteiger partial charge in [-0.1, -0.05) is 48.2 Å². The average molecular weight is 427 g/mol. The van der Waals surface area contributed by atoms with Gasteiger partial charge in [-0.3, -0.25) is 9.36 Å². The van der Waals surface area contributed by atoms with Crippen molar-refractivity contribution in [3.8, 4) is 5.75 Å². The highest BCUT2D eigenvalue weighted by atomic mass is 32.2. The zero-order chi connectivity index (χ0) is 21.5. The quantitative estimate of drug-likeness (QED) is 0.402. The molecule has 0 aliphatic carbocycles. The fourth-order valence-corrected chi connectivity index (χ4v) is 3.65. The summed E-state index contributed by atoms with van der Waals surface area (Å²) in [5.74, 6) is 0.725. The second-order valence-corrected chi connectivity index (χ2v) is 7.57. The predicted molar refractivity (Wildman–Crippen MR) is 116 cm³/mol. The van der Waals surface area contributed by atoms with Crippen molar-refractivity contribution in [1.29, 1.82) is 0 Å². The van der Waals surface area contributed by atoms with Crippen molar-refractivity contribution in [3.05, 3.63) is 77.9 Å². The predicted octanol–water partition coefficient (Wildman–Crippen LogP) is 4.53. The first-order valence-electron chi connectivity index (χ1n) is 9.38. The number of nitrogens with zero attached hydrogens (tertiary/aromatic N) is 3. The molecule has 0 aliphatic heterocycles. The van der Waals surface area contributed by atoms with Gasteiger partial charge in [0.25, 0.3) is 0 Å². The van der Waals surface area contributed by atoms with Gasteiger partial charge in [0.2, 0.25) is 5.91 Å². The smallest absolute Gasteiger partial charge is 0.234 e. The summed E-state index contributed by atoms with van der Waals surface area (Å²) in [5.41, 5.74) is 2.24. The molecule has 1 aromatic heterocycles. The molecule has 0 saturated heterocycles. The SMILES string of the molecule is C=CCn1c(COc2c(C)cccc2C)nnc1SCC(=O)Nc1ccccc1F. The molecule has 8 heteroatoms. The number of rotatable bonds is 9. The van der Waals surface area contributed by atoms with Gasteiger partial charge in [-0.25, -0.2) is 4.39 Å². The molecule has 1 amide bonds. The minimum Gasteiger partial charge on any atom is -0.485 e. The van der Waals surface area contributed by atoms with Gasteiger partial charge in [-0.05, 0) is 37.1 Å². The largest absolute Gasteiger partial charge is 0.485 e. The summed E-state index contributed by atoms with van der Waals surface area (Å²) < 4.78 is 21.5. The lowest BCUT2D eigenvalue weighted by molar-refractivity contribution is -0.113. The molecular formula is C22H23FN4O2S. The second kappa shape index (κ2) is 10.1. The number of allylic oxidation sites excluding steroid dienone is 1. The van der Waals surface area contributed by atoms with Crippen LogP contribution in [0.4, 0.5) is 10.1 Å². The van der Waals surface area contributed by atoms with E-state index in [4.69, 9.17) is 4.74 Å². The van der Waals surface area contributed by atoms with Crippen LogP contribution in [0, 0.1) is 19.7 Å². The fraction of sp³-hybridized carbons (Fsp3) is 0.227. The molecule has 6 nitrogen and oxygen atoms in total. The van der Waals surface area contributed by atoms with Crippen LogP contribution in [0.5, 0.6) is 5.75 Å². The van der Waals surface area contributed by atoms with Crippen molar-refractivity contribution in [2.45, 2.75) is 32.2 Å². The van der Waals surface area contributed by atoms with Gasteiger partial charge >= 0.3 is 0 Å². The number of carbonyl (C=O) groups is 1. The molecule has 3 aromatic rings. The molecule has 1 N–H and O–H groups in total. The number of benzene rings is 2. The van der Waals surface area contributed by atoms with Crippen LogP contribution < -0.4 is 10.1 Å². The van der Waals surface area contributed by atoms with Crippen molar-refractivity contribution < 1.29 is 13.9 Å². The standard InChI is InChI=1S/C22H23FN4O2S/c1-4-12-27-19(13-29-21-15(2)8-7-9-16(21)3)25-26-22(27)30-14-20(28)24-18-11-6-5-10-17(18)23/h4-11H,1,12-14H2,2-3H3,(H,24,28). The molecule has 0 spiro atoms. The van der Waals surface area contributed by atoms with Gasteiger partial charge in [0.1, 0.15) is 18.2 Å². The van der Waals surface area contributed by atoms with E-state index in [9.17, 15) is 9.18 Å². The first kappa shape index (κ1) is 21.6. The number of aromatic nitrogens is 3. The number of thioether (sulfide) groups is 1. The summed E-state index contributed by atoms with van der Waals surface area (Å²) in [6.07, 6.45) is 1.73. The van der Waals surface area contributed by atoms with E-state index < -0.39 is 5.82 Å². The van der Waals surface area contributed by atoms with Crippen LogP contribution in [0.25, 0.3) is 0 Å². The Balaban J connectivity index is 1.66. The molecule has 3 rings (SSSR count). The number of para-hydroxylation sites is 2. The highest BCUT2D eigenvalue weighted by Crippen LogP contribution is 2.24. The topological polar surface area (TPSA) is 69.0 Å². The molecule has 0 unspecified atom stereocenters. The zero-order valence-electron chi connectivity index (χ0n) is 16.9. The molecule has 2 aromatic carbocycles. The molecule has 30 heavy (non-hydrogen) atoms. The van der Waals surface area contributed by atoms with Crippen LogP contribution in [-0.2, 0) is 17.9 Å². The van der Waals surface area contributed by atoms with E-state index in [2.05, 4.69) is 22.1 Å².